The Kier molecular flexibility index (Phi) is 4.52. The molecule has 0 bridgehead atoms. The van der Waals surface area contributed by atoms with E-state index in [1.165, 1.54) is 4.31 Å². The van der Waals surface area contributed by atoms with Crippen molar-refractivity contribution in [3.8, 4) is 0 Å². The van der Waals surface area contributed by atoms with Crippen LogP contribution in [0.15, 0.2) is 20.0 Å². The van der Waals surface area contributed by atoms with Crippen LogP contribution in [-0.2, 0) is 10.0 Å². The van der Waals surface area contributed by atoms with Gasteiger partial charge in [-0.3, -0.25) is 0 Å². The molecule has 2 rings (SSSR count). The molecule has 1 aromatic rings. The number of hydrogen-bond acceptors (Lipinski definition) is 5. The summed E-state index contributed by atoms with van der Waals surface area (Å²) >= 11 is 2.93. The third kappa shape index (κ3) is 2.76. The van der Waals surface area contributed by atoms with Crippen molar-refractivity contribution in [2.75, 3.05) is 13.2 Å². The standard InChI is InChI=1S/C11H14BrNO6S/c12-10-9(5-8(19-10)11(15)16)20(17,18)13-4-2-1-3-7(13)6-14/h5,7,14H,1-4,6H2,(H,15,16). The van der Waals surface area contributed by atoms with Gasteiger partial charge in [0.05, 0.1) is 6.61 Å². The summed E-state index contributed by atoms with van der Waals surface area (Å²) in [7, 11) is -3.90. The molecule has 1 unspecified atom stereocenters. The van der Waals surface area contributed by atoms with E-state index in [1.54, 1.807) is 0 Å². The molecule has 1 aliphatic heterocycles. The van der Waals surface area contributed by atoms with Crippen LogP contribution in [0.4, 0.5) is 0 Å². The molecule has 0 aliphatic carbocycles. The zero-order chi connectivity index (χ0) is 14.9. The highest BCUT2D eigenvalue weighted by Crippen LogP contribution is 2.32. The number of furan rings is 1. The molecule has 20 heavy (non-hydrogen) atoms. The first-order chi connectivity index (χ1) is 9.37. The van der Waals surface area contributed by atoms with E-state index in [0.717, 1.165) is 12.5 Å². The third-order valence-corrected chi connectivity index (χ3v) is 6.05. The second-order valence-electron chi connectivity index (χ2n) is 4.50. The first-order valence-corrected chi connectivity index (χ1v) is 8.26. The number of aliphatic hydroxyl groups excluding tert-OH is 1. The summed E-state index contributed by atoms with van der Waals surface area (Å²) in [5, 5.41) is 18.1. The van der Waals surface area contributed by atoms with Crippen LogP contribution in [0.3, 0.4) is 0 Å². The summed E-state index contributed by atoms with van der Waals surface area (Å²) < 4.78 is 31.0. The molecule has 0 radical (unpaired) electrons. The molecule has 9 heteroatoms. The Balaban J connectivity index is 2.41. The van der Waals surface area contributed by atoms with Crippen molar-refractivity contribution in [1.82, 2.24) is 4.31 Å². The number of nitrogens with zero attached hydrogens (tertiary/aromatic N) is 1. The predicted octanol–water partition coefficient (Wildman–Crippen LogP) is 1.28. The van der Waals surface area contributed by atoms with Crippen molar-refractivity contribution in [1.29, 1.82) is 0 Å². The van der Waals surface area contributed by atoms with Gasteiger partial charge in [-0.1, -0.05) is 6.42 Å². The van der Waals surface area contributed by atoms with Gasteiger partial charge in [-0.05, 0) is 28.8 Å². The van der Waals surface area contributed by atoms with Gasteiger partial charge in [-0.25, -0.2) is 13.2 Å². The average molecular weight is 368 g/mol. The van der Waals surface area contributed by atoms with Crippen LogP contribution in [0.2, 0.25) is 0 Å². The van der Waals surface area contributed by atoms with E-state index in [4.69, 9.17) is 9.52 Å². The lowest BCUT2D eigenvalue weighted by Gasteiger charge is -2.33. The van der Waals surface area contributed by atoms with Crippen LogP contribution < -0.4 is 0 Å². The molecule has 1 aromatic heterocycles. The maximum atomic E-state index is 12.5. The molecule has 2 heterocycles. The Labute approximate surface area is 124 Å². The average Bonchev–Trinajstić information content (AvgIpc) is 2.81. The number of carboxylic acid groups (broad SMARTS) is 1. The van der Waals surface area contributed by atoms with Crippen molar-refractivity contribution < 1.29 is 27.8 Å². The molecule has 1 saturated heterocycles. The fourth-order valence-electron chi connectivity index (χ4n) is 2.23. The van der Waals surface area contributed by atoms with E-state index in [0.29, 0.717) is 19.4 Å². The summed E-state index contributed by atoms with van der Waals surface area (Å²) in [6, 6.07) is 0.494. The fourth-order valence-corrected chi connectivity index (χ4v) is 4.82. The van der Waals surface area contributed by atoms with E-state index in [1.807, 2.05) is 0 Å². The van der Waals surface area contributed by atoms with Gasteiger partial charge in [0, 0.05) is 18.7 Å². The van der Waals surface area contributed by atoms with E-state index in [-0.39, 0.29) is 16.2 Å². The third-order valence-electron chi connectivity index (χ3n) is 3.24. The minimum atomic E-state index is -3.90. The molecule has 1 aliphatic rings. The molecule has 0 spiro atoms. The van der Waals surface area contributed by atoms with Crippen molar-refractivity contribution in [3.05, 3.63) is 16.5 Å². The van der Waals surface area contributed by atoms with Crippen molar-refractivity contribution in [2.24, 2.45) is 0 Å². The van der Waals surface area contributed by atoms with Gasteiger partial charge in [-0.15, -0.1) is 0 Å². The van der Waals surface area contributed by atoms with E-state index < -0.39 is 27.8 Å². The zero-order valence-corrected chi connectivity index (χ0v) is 12.9. The summed E-state index contributed by atoms with van der Waals surface area (Å²) in [4.78, 5) is 10.6. The molecule has 0 amide bonds. The van der Waals surface area contributed by atoms with Crippen LogP contribution >= 0.6 is 15.9 Å². The van der Waals surface area contributed by atoms with Gasteiger partial charge in [-0.2, -0.15) is 4.31 Å². The van der Waals surface area contributed by atoms with Crippen LogP contribution in [-0.4, -0.2) is 48.1 Å². The smallest absolute Gasteiger partial charge is 0.371 e. The topological polar surface area (TPSA) is 108 Å². The molecule has 1 atom stereocenters. The highest BCUT2D eigenvalue weighted by molar-refractivity contribution is 9.10. The molecule has 0 aromatic carbocycles. The number of sulfonamides is 1. The fraction of sp³-hybridized carbons (Fsp3) is 0.545. The van der Waals surface area contributed by atoms with Gasteiger partial charge in [0.15, 0.2) is 4.67 Å². The van der Waals surface area contributed by atoms with Crippen molar-refractivity contribution in [3.63, 3.8) is 0 Å². The van der Waals surface area contributed by atoms with Gasteiger partial charge in [0.2, 0.25) is 15.8 Å². The summed E-state index contributed by atoms with van der Waals surface area (Å²) in [5.74, 6) is -1.79. The Morgan fingerprint density at radius 2 is 2.20 bits per heavy atom. The number of hydrogen-bond donors (Lipinski definition) is 2. The van der Waals surface area contributed by atoms with Crippen molar-refractivity contribution in [2.45, 2.75) is 30.2 Å². The second kappa shape index (κ2) is 5.84. The molecule has 112 valence electrons. The number of rotatable bonds is 4. The number of halogens is 1. The molecule has 2 N–H and O–H groups in total. The van der Waals surface area contributed by atoms with Gasteiger partial charge >= 0.3 is 5.97 Å². The SMILES string of the molecule is O=C(O)c1cc(S(=O)(=O)N2CCCCC2CO)c(Br)o1. The summed E-state index contributed by atoms with van der Waals surface area (Å²) in [6.07, 6.45) is 2.14. The summed E-state index contributed by atoms with van der Waals surface area (Å²) in [6.45, 7) is 0.0358. The van der Waals surface area contributed by atoms with Gasteiger partial charge in [0.1, 0.15) is 4.90 Å². The lowest BCUT2D eigenvalue weighted by molar-refractivity contribution is 0.0661. The Morgan fingerprint density at radius 3 is 2.75 bits per heavy atom. The molecule has 0 saturated carbocycles. The van der Waals surface area contributed by atoms with Crippen LogP contribution in [0.1, 0.15) is 29.8 Å². The number of carboxylic acids is 1. The Bertz CT molecular complexity index is 610. The second-order valence-corrected chi connectivity index (χ2v) is 7.08. The monoisotopic (exact) mass is 367 g/mol. The predicted molar refractivity (Wildman–Crippen MR) is 72.0 cm³/mol. The quantitative estimate of drug-likeness (QED) is 0.829. The Hall–Kier alpha value is -0.900. The molecular weight excluding hydrogens is 354 g/mol. The highest BCUT2D eigenvalue weighted by atomic mass is 79.9. The number of aliphatic hydroxyl groups is 1. The first kappa shape index (κ1) is 15.5. The number of aromatic carboxylic acids is 1. The minimum Gasteiger partial charge on any atom is -0.475 e. The van der Waals surface area contributed by atoms with Crippen LogP contribution in [0.5, 0.6) is 0 Å². The van der Waals surface area contributed by atoms with E-state index in [2.05, 4.69) is 15.9 Å². The van der Waals surface area contributed by atoms with Crippen molar-refractivity contribution >= 4 is 31.9 Å². The lowest BCUT2D eigenvalue weighted by Crippen LogP contribution is -2.45. The molecule has 1 fully saturated rings. The van der Waals surface area contributed by atoms with Gasteiger partial charge < -0.3 is 14.6 Å². The van der Waals surface area contributed by atoms with Gasteiger partial charge in [0.25, 0.3) is 0 Å². The number of carbonyl (C=O) groups is 1. The Morgan fingerprint density at radius 1 is 1.50 bits per heavy atom. The zero-order valence-electron chi connectivity index (χ0n) is 10.5. The van der Waals surface area contributed by atoms with Crippen LogP contribution in [0.25, 0.3) is 0 Å². The highest BCUT2D eigenvalue weighted by Gasteiger charge is 2.36. The number of piperidine rings is 1. The van der Waals surface area contributed by atoms with E-state index in [9.17, 15) is 18.3 Å². The largest absolute Gasteiger partial charge is 0.475 e. The first-order valence-electron chi connectivity index (χ1n) is 6.03. The molecular formula is C11H14BrNO6S. The lowest BCUT2D eigenvalue weighted by atomic mass is 10.1. The summed E-state index contributed by atoms with van der Waals surface area (Å²) in [5.41, 5.74) is 0. The normalized spacial score (nSPS) is 21.0. The maximum Gasteiger partial charge on any atom is 0.371 e. The minimum absolute atomic E-state index is 0.142. The molecule has 7 nitrogen and oxygen atoms in total. The maximum absolute atomic E-state index is 12.5. The van der Waals surface area contributed by atoms with E-state index >= 15 is 0 Å². The van der Waals surface area contributed by atoms with Crippen LogP contribution in [0, 0.1) is 0 Å².